The van der Waals surface area contributed by atoms with Crippen LogP contribution in [0.15, 0.2) is 30.3 Å². The fourth-order valence-corrected chi connectivity index (χ4v) is 3.26. The molecule has 0 saturated carbocycles. The predicted molar refractivity (Wildman–Crippen MR) is 112 cm³/mol. The molecular formula is C20H15Cl3FN3O3. The van der Waals surface area contributed by atoms with Crippen LogP contribution in [0.2, 0.25) is 15.2 Å². The van der Waals surface area contributed by atoms with Gasteiger partial charge < -0.3 is 15.0 Å². The van der Waals surface area contributed by atoms with E-state index in [-0.39, 0.29) is 50.1 Å². The Kier molecular flexibility index (Phi) is 6.97. The molecule has 3 rings (SSSR count). The summed E-state index contributed by atoms with van der Waals surface area (Å²) in [6.07, 6.45) is 1.17. The number of aryl methyl sites for hydroxylation is 1. The van der Waals surface area contributed by atoms with Crippen molar-refractivity contribution in [3.8, 4) is 11.5 Å². The van der Waals surface area contributed by atoms with E-state index in [1.807, 2.05) is 6.92 Å². The van der Waals surface area contributed by atoms with Crippen molar-refractivity contribution in [2.75, 3.05) is 0 Å². The first-order valence-electron chi connectivity index (χ1n) is 8.75. The monoisotopic (exact) mass is 469 g/mol. The number of rotatable bonds is 7. The summed E-state index contributed by atoms with van der Waals surface area (Å²) in [5, 5.41) is 2.93. The van der Waals surface area contributed by atoms with Gasteiger partial charge in [-0.15, -0.1) is 0 Å². The number of H-pyrrole nitrogens is 1. The minimum atomic E-state index is -0.766. The van der Waals surface area contributed by atoms with Gasteiger partial charge in [0.2, 0.25) is 0 Å². The van der Waals surface area contributed by atoms with E-state index < -0.39 is 11.7 Å². The van der Waals surface area contributed by atoms with Crippen LogP contribution in [0.5, 0.6) is 11.5 Å². The van der Waals surface area contributed by atoms with Crippen molar-refractivity contribution in [3.63, 3.8) is 0 Å². The van der Waals surface area contributed by atoms with Gasteiger partial charge in [-0.25, -0.2) is 9.37 Å². The quantitative estimate of drug-likeness (QED) is 0.440. The molecule has 1 aromatic heterocycles. The Morgan fingerprint density at radius 1 is 1.27 bits per heavy atom. The third-order valence-corrected chi connectivity index (χ3v) is 4.87. The first-order chi connectivity index (χ1) is 14.3. The zero-order valence-electron chi connectivity index (χ0n) is 15.6. The Morgan fingerprint density at radius 2 is 2.03 bits per heavy atom. The third-order valence-electron chi connectivity index (χ3n) is 4.08. The fourth-order valence-electron chi connectivity index (χ4n) is 2.61. The van der Waals surface area contributed by atoms with Crippen molar-refractivity contribution >= 4 is 47.0 Å². The van der Waals surface area contributed by atoms with Gasteiger partial charge in [-0.1, -0.05) is 47.8 Å². The third kappa shape index (κ3) is 4.92. The molecule has 156 valence electrons. The molecule has 1 amide bonds. The summed E-state index contributed by atoms with van der Waals surface area (Å²) in [5.74, 6) is -0.874. The lowest BCUT2D eigenvalue weighted by atomic mass is 10.2. The van der Waals surface area contributed by atoms with Crippen LogP contribution in [0.1, 0.15) is 39.2 Å². The van der Waals surface area contributed by atoms with Gasteiger partial charge in [-0.3, -0.25) is 9.59 Å². The highest BCUT2D eigenvalue weighted by atomic mass is 35.5. The average Bonchev–Trinajstić information content (AvgIpc) is 3.10. The highest BCUT2D eigenvalue weighted by Crippen LogP contribution is 2.35. The Labute approximate surface area is 186 Å². The summed E-state index contributed by atoms with van der Waals surface area (Å²) in [7, 11) is 0. The number of hydrogen-bond donors (Lipinski definition) is 2. The number of imidazole rings is 1. The lowest BCUT2D eigenvalue weighted by Crippen LogP contribution is -2.24. The molecule has 0 fully saturated rings. The summed E-state index contributed by atoms with van der Waals surface area (Å²) >= 11 is 18.0. The largest absolute Gasteiger partial charge is 0.453 e. The van der Waals surface area contributed by atoms with Gasteiger partial charge >= 0.3 is 0 Å². The lowest BCUT2D eigenvalue weighted by molar-refractivity contribution is 0.0945. The van der Waals surface area contributed by atoms with E-state index in [4.69, 9.17) is 39.5 Å². The van der Waals surface area contributed by atoms with Crippen LogP contribution in [0.4, 0.5) is 4.39 Å². The van der Waals surface area contributed by atoms with Crippen molar-refractivity contribution in [1.29, 1.82) is 0 Å². The molecule has 0 aliphatic rings. The second-order valence-corrected chi connectivity index (χ2v) is 7.39. The number of aromatic nitrogens is 2. The van der Waals surface area contributed by atoms with Crippen molar-refractivity contribution in [2.45, 2.75) is 19.9 Å². The SMILES string of the molecule is CCc1nc(C(=O)NCc2ccc(Cl)c(Oc3cc(Cl)cc(C=O)c3)c2F)c(Cl)[nH]1. The smallest absolute Gasteiger partial charge is 0.273 e. The maximum absolute atomic E-state index is 15.0. The molecule has 0 bridgehead atoms. The van der Waals surface area contributed by atoms with E-state index in [1.165, 1.54) is 30.3 Å². The number of hydrogen-bond acceptors (Lipinski definition) is 4. The van der Waals surface area contributed by atoms with E-state index in [0.717, 1.165) is 0 Å². The molecule has 0 aliphatic carbocycles. The summed E-state index contributed by atoms with van der Waals surface area (Å²) in [4.78, 5) is 30.2. The topological polar surface area (TPSA) is 84.1 Å². The second-order valence-electron chi connectivity index (χ2n) is 6.17. The highest BCUT2D eigenvalue weighted by Gasteiger charge is 2.19. The molecule has 0 radical (unpaired) electrons. The molecule has 10 heteroatoms. The number of amides is 1. The normalized spacial score (nSPS) is 10.7. The zero-order chi connectivity index (χ0) is 21.8. The molecule has 3 aromatic rings. The molecule has 6 nitrogen and oxygen atoms in total. The van der Waals surface area contributed by atoms with Crippen molar-refractivity contribution in [3.05, 3.63) is 74.0 Å². The standard InChI is InChI=1S/C20H15Cl3FN3O3/c1-2-15-26-17(19(23)27-15)20(29)25-8-11-3-4-14(22)18(16(11)24)30-13-6-10(9-28)5-12(21)7-13/h3-7,9H,2,8H2,1H3,(H,25,29)(H,26,27). The van der Waals surface area contributed by atoms with Crippen LogP contribution in [0, 0.1) is 5.82 Å². The Bertz CT molecular complexity index is 1120. The minimum Gasteiger partial charge on any atom is -0.453 e. The van der Waals surface area contributed by atoms with Crippen molar-refractivity contribution in [2.24, 2.45) is 0 Å². The van der Waals surface area contributed by atoms with Crippen LogP contribution >= 0.6 is 34.8 Å². The highest BCUT2D eigenvalue weighted by molar-refractivity contribution is 6.32. The number of carbonyl (C=O) groups excluding carboxylic acids is 2. The molecule has 0 atom stereocenters. The Hall–Kier alpha value is -2.61. The molecule has 0 spiro atoms. The van der Waals surface area contributed by atoms with Crippen LogP contribution in [0.25, 0.3) is 0 Å². The molecule has 1 heterocycles. The molecule has 0 unspecified atom stereocenters. The Balaban J connectivity index is 1.80. The van der Waals surface area contributed by atoms with Crippen LogP contribution in [-0.4, -0.2) is 22.2 Å². The van der Waals surface area contributed by atoms with E-state index in [9.17, 15) is 14.0 Å². The maximum atomic E-state index is 15.0. The summed E-state index contributed by atoms with van der Waals surface area (Å²) in [5.41, 5.74) is 0.419. The minimum absolute atomic E-state index is 0.0122. The van der Waals surface area contributed by atoms with Crippen LogP contribution in [-0.2, 0) is 13.0 Å². The van der Waals surface area contributed by atoms with Gasteiger partial charge in [-0.05, 0) is 24.3 Å². The number of benzene rings is 2. The van der Waals surface area contributed by atoms with Gasteiger partial charge in [0.05, 0.1) is 5.02 Å². The number of aldehydes is 1. The Morgan fingerprint density at radius 3 is 2.70 bits per heavy atom. The summed E-state index contributed by atoms with van der Waals surface area (Å²) in [6.45, 7) is 1.71. The number of carbonyl (C=O) groups is 2. The van der Waals surface area contributed by atoms with Crippen LogP contribution in [0.3, 0.4) is 0 Å². The average molecular weight is 471 g/mol. The molecule has 0 saturated heterocycles. The summed E-state index contributed by atoms with van der Waals surface area (Å²) < 4.78 is 20.5. The first-order valence-corrected chi connectivity index (χ1v) is 9.88. The fraction of sp³-hybridized carbons (Fsp3) is 0.150. The number of ether oxygens (including phenoxy) is 1. The maximum Gasteiger partial charge on any atom is 0.273 e. The molecule has 0 aliphatic heterocycles. The van der Waals surface area contributed by atoms with E-state index in [1.54, 1.807) is 0 Å². The number of halogens is 4. The molecule has 2 N–H and O–H groups in total. The van der Waals surface area contributed by atoms with Gasteiger partial charge in [0.15, 0.2) is 17.3 Å². The van der Waals surface area contributed by atoms with Crippen molar-refractivity contribution < 1.29 is 18.7 Å². The van der Waals surface area contributed by atoms with Crippen LogP contribution < -0.4 is 10.1 Å². The lowest BCUT2D eigenvalue weighted by Gasteiger charge is -2.13. The number of aromatic amines is 1. The molecular weight excluding hydrogens is 456 g/mol. The zero-order valence-corrected chi connectivity index (χ0v) is 17.8. The molecule has 30 heavy (non-hydrogen) atoms. The van der Waals surface area contributed by atoms with Gasteiger partial charge in [0.25, 0.3) is 5.91 Å². The van der Waals surface area contributed by atoms with E-state index in [2.05, 4.69) is 15.3 Å². The summed E-state index contributed by atoms with van der Waals surface area (Å²) in [6, 6.07) is 7.11. The van der Waals surface area contributed by atoms with Gasteiger partial charge in [0.1, 0.15) is 23.0 Å². The van der Waals surface area contributed by atoms with Gasteiger partial charge in [0, 0.05) is 29.1 Å². The van der Waals surface area contributed by atoms with E-state index in [0.29, 0.717) is 18.5 Å². The van der Waals surface area contributed by atoms with Gasteiger partial charge in [-0.2, -0.15) is 0 Å². The second kappa shape index (κ2) is 9.47. The van der Waals surface area contributed by atoms with E-state index >= 15 is 0 Å². The van der Waals surface area contributed by atoms with Crippen molar-refractivity contribution in [1.82, 2.24) is 15.3 Å². The molecule has 2 aromatic carbocycles. The predicted octanol–water partition coefficient (Wildman–Crippen LogP) is 5.61. The number of nitrogens with one attached hydrogen (secondary N) is 2. The first kappa shape index (κ1) is 22.1. The number of nitrogens with zero attached hydrogens (tertiary/aromatic N) is 1.